The first-order valence-corrected chi connectivity index (χ1v) is 6.32. The standard InChI is InChI=1S/C13H21N5/c1-6-18(14)11-7-10(8(2)3)12-9(4)16-17(5)13(12)15-11/h7-8H,6,14H2,1-5H3. The Morgan fingerprint density at radius 1 is 1.44 bits per heavy atom. The van der Waals surface area contributed by atoms with Crippen molar-refractivity contribution in [1.82, 2.24) is 14.8 Å². The van der Waals surface area contributed by atoms with E-state index in [1.54, 1.807) is 5.01 Å². The van der Waals surface area contributed by atoms with Crippen LogP contribution in [0.2, 0.25) is 0 Å². The number of nitrogens with two attached hydrogens (primary N) is 1. The van der Waals surface area contributed by atoms with E-state index in [1.165, 1.54) is 5.56 Å². The van der Waals surface area contributed by atoms with Crippen LogP contribution < -0.4 is 10.9 Å². The van der Waals surface area contributed by atoms with Gasteiger partial charge in [0.25, 0.3) is 0 Å². The molecule has 0 amide bonds. The van der Waals surface area contributed by atoms with Gasteiger partial charge in [0.05, 0.1) is 5.69 Å². The van der Waals surface area contributed by atoms with E-state index in [9.17, 15) is 0 Å². The summed E-state index contributed by atoms with van der Waals surface area (Å²) in [6.45, 7) is 9.12. The smallest absolute Gasteiger partial charge is 0.160 e. The van der Waals surface area contributed by atoms with Gasteiger partial charge in [-0.1, -0.05) is 13.8 Å². The molecular formula is C13H21N5. The minimum atomic E-state index is 0.419. The molecule has 5 nitrogen and oxygen atoms in total. The Morgan fingerprint density at radius 2 is 2.11 bits per heavy atom. The maximum absolute atomic E-state index is 5.95. The molecule has 2 aromatic heterocycles. The van der Waals surface area contributed by atoms with E-state index in [0.29, 0.717) is 5.92 Å². The molecule has 0 radical (unpaired) electrons. The van der Waals surface area contributed by atoms with Gasteiger partial charge >= 0.3 is 0 Å². The van der Waals surface area contributed by atoms with E-state index in [2.05, 4.69) is 30.0 Å². The highest BCUT2D eigenvalue weighted by atomic mass is 15.4. The summed E-state index contributed by atoms with van der Waals surface area (Å²) in [6, 6.07) is 2.07. The number of aromatic nitrogens is 3. The number of hydrogen-bond donors (Lipinski definition) is 1. The van der Waals surface area contributed by atoms with Crippen molar-refractivity contribution in [3.8, 4) is 0 Å². The third kappa shape index (κ3) is 1.95. The molecule has 0 aliphatic carbocycles. The van der Waals surface area contributed by atoms with Crippen molar-refractivity contribution in [2.75, 3.05) is 11.6 Å². The average Bonchev–Trinajstić information content (AvgIpc) is 2.63. The number of rotatable bonds is 3. The zero-order chi connectivity index (χ0) is 13.4. The van der Waals surface area contributed by atoms with Crippen LogP contribution in [0.5, 0.6) is 0 Å². The summed E-state index contributed by atoms with van der Waals surface area (Å²) in [7, 11) is 1.92. The molecule has 2 heterocycles. The summed E-state index contributed by atoms with van der Waals surface area (Å²) in [5.41, 5.74) is 3.18. The monoisotopic (exact) mass is 247 g/mol. The lowest BCUT2D eigenvalue weighted by atomic mass is 10.00. The summed E-state index contributed by atoms with van der Waals surface area (Å²) in [6.07, 6.45) is 0. The molecule has 2 N–H and O–H groups in total. The van der Waals surface area contributed by atoms with Crippen LogP contribution in [0.25, 0.3) is 11.0 Å². The molecule has 0 saturated heterocycles. The van der Waals surface area contributed by atoms with E-state index >= 15 is 0 Å². The Kier molecular flexibility index (Phi) is 3.26. The SMILES string of the molecule is CCN(N)c1cc(C(C)C)c2c(C)nn(C)c2n1. The van der Waals surface area contributed by atoms with Crippen molar-refractivity contribution < 1.29 is 0 Å². The van der Waals surface area contributed by atoms with Gasteiger partial charge in [0, 0.05) is 19.0 Å². The molecule has 0 unspecified atom stereocenters. The van der Waals surface area contributed by atoms with Gasteiger partial charge in [-0.25, -0.2) is 10.8 Å². The topological polar surface area (TPSA) is 60.0 Å². The molecule has 0 aliphatic heterocycles. The second-order valence-corrected chi connectivity index (χ2v) is 4.92. The van der Waals surface area contributed by atoms with Crippen LogP contribution >= 0.6 is 0 Å². The first-order valence-electron chi connectivity index (χ1n) is 6.32. The Bertz CT molecular complexity index is 570. The second kappa shape index (κ2) is 4.57. The predicted octanol–water partition coefficient (Wildman–Crippen LogP) is 2.10. The van der Waals surface area contributed by atoms with Crippen molar-refractivity contribution in [2.45, 2.75) is 33.6 Å². The van der Waals surface area contributed by atoms with Gasteiger partial charge in [-0.15, -0.1) is 0 Å². The molecule has 0 aliphatic rings. The van der Waals surface area contributed by atoms with E-state index < -0.39 is 0 Å². The Hall–Kier alpha value is -1.62. The maximum atomic E-state index is 5.95. The highest BCUT2D eigenvalue weighted by Crippen LogP contribution is 2.29. The molecule has 98 valence electrons. The lowest BCUT2D eigenvalue weighted by Crippen LogP contribution is -2.31. The Balaban J connectivity index is 2.77. The van der Waals surface area contributed by atoms with Crippen LogP contribution in [0, 0.1) is 6.92 Å². The Labute approximate surface area is 108 Å². The van der Waals surface area contributed by atoms with Gasteiger partial charge in [0.2, 0.25) is 0 Å². The van der Waals surface area contributed by atoms with Crippen molar-refractivity contribution in [3.63, 3.8) is 0 Å². The number of nitrogens with zero attached hydrogens (tertiary/aromatic N) is 4. The fourth-order valence-corrected chi connectivity index (χ4v) is 2.23. The fraction of sp³-hybridized carbons (Fsp3) is 0.538. The fourth-order valence-electron chi connectivity index (χ4n) is 2.23. The zero-order valence-corrected chi connectivity index (χ0v) is 11.7. The average molecular weight is 247 g/mol. The molecule has 0 spiro atoms. The third-order valence-electron chi connectivity index (χ3n) is 3.24. The highest BCUT2D eigenvalue weighted by Gasteiger charge is 2.16. The van der Waals surface area contributed by atoms with Crippen molar-refractivity contribution in [1.29, 1.82) is 0 Å². The van der Waals surface area contributed by atoms with Crippen LogP contribution in [-0.2, 0) is 7.05 Å². The van der Waals surface area contributed by atoms with Crippen LogP contribution in [0.4, 0.5) is 5.82 Å². The van der Waals surface area contributed by atoms with Crippen LogP contribution in [0.1, 0.15) is 37.9 Å². The molecule has 0 aromatic carbocycles. The molecule has 18 heavy (non-hydrogen) atoms. The largest absolute Gasteiger partial charge is 0.295 e. The molecule has 0 bridgehead atoms. The Morgan fingerprint density at radius 3 is 2.67 bits per heavy atom. The summed E-state index contributed by atoms with van der Waals surface area (Å²) in [4.78, 5) is 4.61. The van der Waals surface area contributed by atoms with Crippen LogP contribution in [0.15, 0.2) is 6.07 Å². The van der Waals surface area contributed by atoms with E-state index in [1.807, 2.05) is 25.6 Å². The molecule has 0 fully saturated rings. The summed E-state index contributed by atoms with van der Waals surface area (Å²) in [5, 5.41) is 7.27. The number of fused-ring (bicyclic) bond motifs is 1. The predicted molar refractivity (Wildman–Crippen MR) is 74.5 cm³/mol. The number of aryl methyl sites for hydroxylation is 2. The molecular weight excluding hydrogens is 226 g/mol. The van der Waals surface area contributed by atoms with Gasteiger partial charge in [-0.05, 0) is 31.4 Å². The quantitative estimate of drug-likeness (QED) is 0.666. The summed E-state index contributed by atoms with van der Waals surface area (Å²) >= 11 is 0. The van der Waals surface area contributed by atoms with E-state index in [0.717, 1.165) is 29.1 Å². The second-order valence-electron chi connectivity index (χ2n) is 4.92. The highest BCUT2D eigenvalue weighted by molar-refractivity contribution is 5.84. The number of pyridine rings is 1. The van der Waals surface area contributed by atoms with Gasteiger partial charge in [0.15, 0.2) is 5.65 Å². The van der Waals surface area contributed by atoms with Crippen LogP contribution in [0.3, 0.4) is 0 Å². The normalized spacial score (nSPS) is 11.5. The van der Waals surface area contributed by atoms with Crippen molar-refractivity contribution in [3.05, 3.63) is 17.3 Å². The van der Waals surface area contributed by atoms with E-state index in [4.69, 9.17) is 5.84 Å². The molecule has 0 saturated carbocycles. The summed E-state index contributed by atoms with van der Waals surface area (Å²) in [5.74, 6) is 7.17. The number of hydrogen-bond acceptors (Lipinski definition) is 4. The van der Waals surface area contributed by atoms with Crippen LogP contribution in [-0.4, -0.2) is 21.3 Å². The molecule has 2 rings (SSSR count). The zero-order valence-electron chi connectivity index (χ0n) is 11.7. The van der Waals surface area contributed by atoms with Gasteiger partial charge < -0.3 is 0 Å². The third-order valence-corrected chi connectivity index (χ3v) is 3.24. The lowest BCUT2D eigenvalue weighted by Gasteiger charge is -2.18. The number of anilines is 1. The lowest BCUT2D eigenvalue weighted by molar-refractivity contribution is 0.770. The molecule has 0 atom stereocenters. The first-order chi connectivity index (χ1) is 8.45. The van der Waals surface area contributed by atoms with Gasteiger partial charge in [-0.2, -0.15) is 5.10 Å². The van der Waals surface area contributed by atoms with Gasteiger partial charge in [-0.3, -0.25) is 9.69 Å². The maximum Gasteiger partial charge on any atom is 0.160 e. The molecule has 2 aromatic rings. The summed E-state index contributed by atoms with van der Waals surface area (Å²) < 4.78 is 1.82. The van der Waals surface area contributed by atoms with E-state index in [-0.39, 0.29) is 0 Å². The minimum Gasteiger partial charge on any atom is -0.295 e. The first kappa shape index (κ1) is 12.8. The number of hydrazine groups is 1. The van der Waals surface area contributed by atoms with Crippen molar-refractivity contribution in [2.24, 2.45) is 12.9 Å². The minimum absolute atomic E-state index is 0.419. The van der Waals surface area contributed by atoms with Gasteiger partial charge in [0.1, 0.15) is 5.82 Å². The molecule has 5 heteroatoms. The van der Waals surface area contributed by atoms with Crippen molar-refractivity contribution >= 4 is 16.9 Å².